The number of aryl methyl sites for hydroxylation is 11. The molecule has 422 valence electrons. The van der Waals surface area contributed by atoms with Crippen LogP contribution in [0.2, 0.25) is 0 Å². The van der Waals surface area contributed by atoms with Crippen molar-refractivity contribution in [2.75, 3.05) is 0 Å². The van der Waals surface area contributed by atoms with Gasteiger partial charge in [0, 0.05) is 46.5 Å². The van der Waals surface area contributed by atoms with E-state index in [1.54, 1.807) is 0 Å². The third kappa shape index (κ3) is 14.5. The molecule has 0 N–H and O–H groups in total. The van der Waals surface area contributed by atoms with Crippen LogP contribution in [-0.4, -0.2) is 23.4 Å². The smallest absolute Gasteiger partial charge is 0.192 e. The van der Waals surface area contributed by atoms with Gasteiger partial charge in [-0.3, -0.25) is 0 Å². The fourth-order valence-corrected chi connectivity index (χ4v) is 9.84. The summed E-state index contributed by atoms with van der Waals surface area (Å²) in [7, 11) is 10.1. The molecule has 0 radical (unpaired) electrons. The third-order valence-corrected chi connectivity index (χ3v) is 14.8. The summed E-state index contributed by atoms with van der Waals surface area (Å²) in [6, 6.07) is 53.8. The van der Waals surface area contributed by atoms with E-state index < -0.39 is 0 Å². The standard InChI is InChI=1S/C18H16N3.C14H16N3.2C13H14N3.C12H12N3/c1-14-10-15(11-19)8-9-18(14)21-13-17(12-20(21)2)16-6-4-3-5-7-16;1-10-7-13(8-15)5-6-14(10)17-9-11(2)12(3)16(17)4;1-10-8-15(3)16(9-10)13-5-4-12(7-14)6-11(13)2;1-10-8-12(9-14)4-5-13(10)16-7-6-11(2)15(16)3;1-10-8-11(9-13)4-5-12(10)15-7-3-6-14(15)2/h3-10,12-13H,1-2H3;5-7,9H,1-4H3;4-6,8-9H,1-3H3;4-8H,1-3H3;3-8H,1-2H3/q5*+1. The Morgan fingerprint density at radius 3 is 1.18 bits per heavy atom. The van der Waals surface area contributed by atoms with Crippen LogP contribution < -0.4 is 23.4 Å². The van der Waals surface area contributed by atoms with Gasteiger partial charge in [-0.25, -0.2) is 0 Å². The number of nitrogens with zero attached hydrogens (tertiary/aromatic N) is 15. The van der Waals surface area contributed by atoms with Crippen molar-refractivity contribution in [3.63, 3.8) is 0 Å². The molecule has 0 saturated carbocycles. The summed E-state index contributed by atoms with van der Waals surface area (Å²) in [4.78, 5) is 0. The Kier molecular flexibility index (Phi) is 19.9. The minimum absolute atomic E-state index is 0.689. The fraction of sp³-hybridized carbons (Fsp3) is 0.200. The molecule has 11 aromatic rings. The Morgan fingerprint density at radius 1 is 0.365 bits per heavy atom. The third-order valence-electron chi connectivity index (χ3n) is 14.8. The van der Waals surface area contributed by atoms with Crippen molar-refractivity contribution in [2.45, 2.75) is 62.3 Å². The van der Waals surface area contributed by atoms with Crippen LogP contribution in [0.15, 0.2) is 183 Å². The molecule has 15 heteroatoms. The summed E-state index contributed by atoms with van der Waals surface area (Å²) >= 11 is 0. The highest BCUT2D eigenvalue weighted by molar-refractivity contribution is 5.61. The zero-order chi connectivity index (χ0) is 61.6. The predicted octanol–water partition coefficient (Wildman–Crippen LogP) is 10.3. The van der Waals surface area contributed by atoms with Crippen molar-refractivity contribution in [3.05, 3.63) is 261 Å². The van der Waals surface area contributed by atoms with E-state index in [1.165, 1.54) is 33.6 Å². The van der Waals surface area contributed by atoms with E-state index in [-0.39, 0.29) is 0 Å². The van der Waals surface area contributed by atoms with Crippen molar-refractivity contribution in [3.8, 4) is 69.9 Å². The van der Waals surface area contributed by atoms with Crippen LogP contribution in [0.3, 0.4) is 0 Å². The summed E-state index contributed by atoms with van der Waals surface area (Å²) in [6.45, 7) is 18.4. The van der Waals surface area contributed by atoms with E-state index in [2.05, 4.69) is 140 Å². The molecule has 0 spiro atoms. The molecule has 0 aliphatic heterocycles. The maximum atomic E-state index is 8.97. The molecule has 85 heavy (non-hydrogen) atoms. The van der Waals surface area contributed by atoms with Crippen LogP contribution in [-0.2, 0) is 35.2 Å². The van der Waals surface area contributed by atoms with Gasteiger partial charge in [-0.05, 0) is 163 Å². The highest BCUT2D eigenvalue weighted by atomic mass is 15.4. The van der Waals surface area contributed by atoms with Crippen LogP contribution in [0.4, 0.5) is 0 Å². The van der Waals surface area contributed by atoms with Gasteiger partial charge in [-0.15, -0.1) is 28.1 Å². The molecule has 6 aromatic carbocycles. The first-order valence-electron chi connectivity index (χ1n) is 27.6. The normalized spacial score (nSPS) is 10.2. The number of rotatable bonds is 6. The van der Waals surface area contributed by atoms with E-state index in [0.717, 1.165) is 56.3 Å². The summed E-state index contributed by atoms with van der Waals surface area (Å²) in [6.07, 6.45) is 16.5. The van der Waals surface area contributed by atoms with E-state index in [4.69, 9.17) is 26.3 Å². The minimum atomic E-state index is 0.689. The monoisotopic (exact) mass is 1120 g/mol. The van der Waals surface area contributed by atoms with Gasteiger partial charge < -0.3 is 0 Å². The summed E-state index contributed by atoms with van der Waals surface area (Å²) in [5.41, 5.74) is 21.8. The van der Waals surface area contributed by atoms with Crippen LogP contribution >= 0.6 is 0 Å². The van der Waals surface area contributed by atoms with E-state index in [1.807, 2.05) is 218 Å². The Balaban J connectivity index is 0.000000153. The molecule has 5 heterocycles. The highest BCUT2D eigenvalue weighted by Crippen LogP contribution is 2.22. The van der Waals surface area contributed by atoms with Crippen molar-refractivity contribution >= 4 is 0 Å². The van der Waals surface area contributed by atoms with Gasteiger partial charge >= 0.3 is 0 Å². The zero-order valence-corrected chi connectivity index (χ0v) is 51.0. The average Bonchev–Trinajstić information content (AvgIpc) is 4.25. The quantitative estimate of drug-likeness (QED) is 0.151. The van der Waals surface area contributed by atoms with E-state index >= 15 is 0 Å². The Bertz CT molecular complexity index is 4360. The summed E-state index contributed by atoms with van der Waals surface area (Å²) in [5, 5.41) is 44.2. The van der Waals surface area contributed by atoms with Gasteiger partial charge in [0.1, 0.15) is 17.1 Å². The molecule has 0 aliphatic carbocycles. The molecule has 0 unspecified atom stereocenters. The van der Waals surface area contributed by atoms with Gasteiger partial charge in [0.05, 0.1) is 108 Å². The lowest BCUT2D eigenvalue weighted by molar-refractivity contribution is -0.744. The lowest BCUT2D eigenvalue weighted by Gasteiger charge is -2.04. The number of aromatic nitrogens is 10. The highest BCUT2D eigenvalue weighted by Gasteiger charge is 2.20. The molecule has 0 aliphatic rings. The van der Waals surface area contributed by atoms with Crippen molar-refractivity contribution in [2.24, 2.45) is 35.2 Å². The Hall–Kier alpha value is -11.2. The fourth-order valence-electron chi connectivity index (χ4n) is 9.84. The van der Waals surface area contributed by atoms with Crippen LogP contribution in [0.25, 0.3) is 39.6 Å². The molecule has 11 rings (SSSR count). The molecule has 15 nitrogen and oxygen atoms in total. The van der Waals surface area contributed by atoms with Gasteiger partial charge in [0.15, 0.2) is 33.5 Å². The Labute approximate surface area is 499 Å². The first-order valence-corrected chi connectivity index (χ1v) is 27.6. The molecule has 0 saturated heterocycles. The second kappa shape index (κ2) is 27.5. The van der Waals surface area contributed by atoms with Crippen molar-refractivity contribution in [1.82, 2.24) is 23.4 Å². The molecule has 0 amide bonds. The van der Waals surface area contributed by atoms with Crippen LogP contribution in [0.1, 0.15) is 78.1 Å². The van der Waals surface area contributed by atoms with Crippen LogP contribution in [0, 0.1) is 119 Å². The van der Waals surface area contributed by atoms with Crippen molar-refractivity contribution < 1.29 is 23.4 Å². The van der Waals surface area contributed by atoms with E-state index in [9.17, 15) is 0 Å². The van der Waals surface area contributed by atoms with Gasteiger partial charge in [-0.2, -0.15) is 35.7 Å². The lowest BCUT2D eigenvalue weighted by Crippen LogP contribution is -2.39. The minimum Gasteiger partial charge on any atom is -0.192 e. The molecular weight excluding hydrogens is 1050 g/mol. The molecule has 0 bridgehead atoms. The van der Waals surface area contributed by atoms with Crippen molar-refractivity contribution in [1.29, 1.82) is 26.3 Å². The van der Waals surface area contributed by atoms with Gasteiger partial charge in [0.2, 0.25) is 30.0 Å². The largest absolute Gasteiger partial charge is 0.238 e. The molecule has 5 aromatic heterocycles. The average molecular weight is 1120 g/mol. The topological polar surface area (TPSA) is 163 Å². The number of hydrogen-bond donors (Lipinski definition) is 0. The van der Waals surface area contributed by atoms with Crippen LogP contribution in [0.5, 0.6) is 0 Å². The van der Waals surface area contributed by atoms with Gasteiger partial charge in [0.25, 0.3) is 0 Å². The van der Waals surface area contributed by atoms with Gasteiger partial charge in [-0.1, -0.05) is 39.7 Å². The second-order valence-electron chi connectivity index (χ2n) is 21.0. The first-order chi connectivity index (χ1) is 40.7. The number of benzene rings is 6. The first kappa shape index (κ1) is 61.4. The number of hydrogen-bond acceptors (Lipinski definition) is 5. The molecule has 0 fully saturated rings. The summed E-state index contributed by atoms with van der Waals surface area (Å²) in [5.74, 6) is 0. The zero-order valence-electron chi connectivity index (χ0n) is 51.0. The Morgan fingerprint density at radius 2 is 0.800 bits per heavy atom. The maximum Gasteiger partial charge on any atom is 0.238 e. The lowest BCUT2D eigenvalue weighted by atomic mass is 10.1. The van der Waals surface area contributed by atoms with E-state index in [0.29, 0.717) is 27.8 Å². The number of nitriles is 5. The SMILES string of the molecule is Cc1cc(C#N)ccc1-[n+]1cc(C)c(C)n1C.Cc1cc(C#N)ccc1-[n+]1ccc(C)n1C.Cc1cc(C#N)ccc1-n1cc(-c2ccccc2)c[n+]1C.Cc1cc(C#N)ccc1-n1ccc[n+]1C.Cc1cn(-c2ccc(C#N)cc2C)[n+](C)c1. The maximum absolute atomic E-state index is 8.97. The predicted molar refractivity (Wildman–Crippen MR) is 326 cm³/mol. The second-order valence-corrected chi connectivity index (χ2v) is 21.0. The molecule has 0 atom stereocenters. The summed E-state index contributed by atoms with van der Waals surface area (Å²) < 4.78 is 20.7. The molecular formula is C70H72N15+5.